The SMILES string of the molecule is CCCN(CCC)[C@@H]1C[C@H]1c1cccc(O)c1. The number of aromatic hydroxyl groups is 1. The molecule has 1 aromatic rings. The Labute approximate surface area is 104 Å². The zero-order valence-corrected chi connectivity index (χ0v) is 10.9. The van der Waals surface area contributed by atoms with Crippen LogP contribution in [0.1, 0.15) is 44.6 Å². The molecule has 0 spiro atoms. The minimum atomic E-state index is 0.394. The van der Waals surface area contributed by atoms with E-state index in [9.17, 15) is 5.11 Å². The van der Waals surface area contributed by atoms with E-state index in [4.69, 9.17) is 0 Å². The summed E-state index contributed by atoms with van der Waals surface area (Å²) in [4.78, 5) is 2.61. The third-order valence-electron chi connectivity index (χ3n) is 3.55. The molecule has 94 valence electrons. The van der Waals surface area contributed by atoms with Gasteiger partial charge in [0, 0.05) is 12.0 Å². The molecule has 1 N–H and O–H groups in total. The van der Waals surface area contributed by atoms with E-state index in [0.29, 0.717) is 17.7 Å². The molecular weight excluding hydrogens is 210 g/mol. The molecule has 0 aromatic heterocycles. The fraction of sp³-hybridized carbons (Fsp3) is 0.600. The standard InChI is InChI=1S/C15H23NO/c1-3-8-16(9-4-2)15-11-14(15)12-6-5-7-13(17)10-12/h5-7,10,14-15,17H,3-4,8-9,11H2,1-2H3/t14-,15+/m0/s1. The maximum absolute atomic E-state index is 9.51. The molecule has 1 aliphatic carbocycles. The van der Waals surface area contributed by atoms with Crippen LogP contribution in [-0.4, -0.2) is 29.1 Å². The summed E-state index contributed by atoms with van der Waals surface area (Å²) in [6.07, 6.45) is 3.70. The highest BCUT2D eigenvalue weighted by atomic mass is 16.3. The Morgan fingerprint density at radius 3 is 2.53 bits per heavy atom. The molecule has 0 unspecified atom stereocenters. The summed E-state index contributed by atoms with van der Waals surface area (Å²) in [6.45, 7) is 6.89. The second-order valence-electron chi connectivity index (χ2n) is 5.04. The molecule has 1 fully saturated rings. The van der Waals surface area contributed by atoms with Crippen molar-refractivity contribution in [3.8, 4) is 5.75 Å². The van der Waals surface area contributed by atoms with Crippen LogP contribution in [0.25, 0.3) is 0 Å². The van der Waals surface area contributed by atoms with E-state index in [1.165, 1.54) is 37.9 Å². The third-order valence-corrected chi connectivity index (χ3v) is 3.55. The van der Waals surface area contributed by atoms with Crippen molar-refractivity contribution < 1.29 is 5.11 Å². The van der Waals surface area contributed by atoms with E-state index < -0.39 is 0 Å². The monoisotopic (exact) mass is 233 g/mol. The maximum Gasteiger partial charge on any atom is 0.115 e. The van der Waals surface area contributed by atoms with Crippen molar-refractivity contribution in [2.45, 2.75) is 45.1 Å². The molecule has 1 saturated carbocycles. The van der Waals surface area contributed by atoms with E-state index in [2.05, 4.69) is 24.8 Å². The fourth-order valence-corrected chi connectivity index (χ4v) is 2.72. The van der Waals surface area contributed by atoms with Crippen molar-refractivity contribution in [1.82, 2.24) is 4.90 Å². The van der Waals surface area contributed by atoms with E-state index >= 15 is 0 Å². The summed E-state index contributed by atoms with van der Waals surface area (Å²) in [5.74, 6) is 1.03. The highest BCUT2D eigenvalue weighted by molar-refractivity contribution is 5.34. The van der Waals surface area contributed by atoms with E-state index in [0.717, 1.165) is 0 Å². The van der Waals surface area contributed by atoms with Gasteiger partial charge in [-0.1, -0.05) is 26.0 Å². The first-order valence-electron chi connectivity index (χ1n) is 6.79. The van der Waals surface area contributed by atoms with Crippen LogP contribution in [0.4, 0.5) is 0 Å². The Morgan fingerprint density at radius 1 is 1.24 bits per heavy atom. The summed E-state index contributed by atoms with van der Waals surface area (Å²) >= 11 is 0. The molecule has 0 heterocycles. The Kier molecular flexibility index (Phi) is 4.06. The Balaban J connectivity index is 1.98. The Bertz CT molecular complexity index is 358. The van der Waals surface area contributed by atoms with Gasteiger partial charge in [-0.2, -0.15) is 0 Å². The number of benzene rings is 1. The lowest BCUT2D eigenvalue weighted by atomic mass is 10.1. The van der Waals surface area contributed by atoms with Crippen molar-refractivity contribution in [2.24, 2.45) is 0 Å². The van der Waals surface area contributed by atoms with Crippen LogP contribution in [0.2, 0.25) is 0 Å². The minimum absolute atomic E-state index is 0.394. The van der Waals surface area contributed by atoms with Crippen LogP contribution in [0.15, 0.2) is 24.3 Å². The van der Waals surface area contributed by atoms with E-state index in [1.54, 1.807) is 6.07 Å². The highest BCUT2D eigenvalue weighted by Gasteiger charge is 2.41. The molecular formula is C15H23NO. The number of phenols is 1. The number of nitrogens with zero attached hydrogens (tertiary/aromatic N) is 1. The molecule has 1 aromatic carbocycles. The summed E-state index contributed by atoms with van der Waals surface area (Å²) in [7, 11) is 0. The van der Waals surface area contributed by atoms with Crippen LogP contribution in [-0.2, 0) is 0 Å². The van der Waals surface area contributed by atoms with Gasteiger partial charge in [0.1, 0.15) is 5.75 Å². The van der Waals surface area contributed by atoms with Gasteiger partial charge >= 0.3 is 0 Å². The molecule has 2 rings (SSSR count). The first-order chi connectivity index (χ1) is 8.26. The second-order valence-corrected chi connectivity index (χ2v) is 5.04. The summed E-state index contributed by atoms with van der Waals surface area (Å²) in [5.41, 5.74) is 1.30. The average molecular weight is 233 g/mol. The van der Waals surface area contributed by atoms with Crippen molar-refractivity contribution in [1.29, 1.82) is 0 Å². The predicted molar refractivity (Wildman–Crippen MR) is 71.4 cm³/mol. The molecule has 0 saturated heterocycles. The summed E-state index contributed by atoms with van der Waals surface area (Å²) in [5, 5.41) is 9.51. The fourth-order valence-electron chi connectivity index (χ4n) is 2.72. The van der Waals surface area contributed by atoms with Crippen LogP contribution < -0.4 is 0 Å². The zero-order valence-electron chi connectivity index (χ0n) is 10.9. The predicted octanol–water partition coefficient (Wildman–Crippen LogP) is 3.37. The highest BCUT2D eigenvalue weighted by Crippen LogP contribution is 2.45. The normalized spacial score (nSPS) is 23.0. The molecule has 2 nitrogen and oxygen atoms in total. The van der Waals surface area contributed by atoms with Crippen LogP contribution in [0.3, 0.4) is 0 Å². The van der Waals surface area contributed by atoms with Gasteiger partial charge in [-0.3, -0.25) is 4.90 Å². The second kappa shape index (κ2) is 5.54. The van der Waals surface area contributed by atoms with Gasteiger partial charge in [-0.05, 0) is 50.0 Å². The maximum atomic E-state index is 9.51. The van der Waals surface area contributed by atoms with Gasteiger partial charge in [0.15, 0.2) is 0 Å². The van der Waals surface area contributed by atoms with Crippen molar-refractivity contribution in [3.63, 3.8) is 0 Å². The van der Waals surface area contributed by atoms with Gasteiger partial charge in [0.2, 0.25) is 0 Å². The molecule has 0 amide bonds. The van der Waals surface area contributed by atoms with Gasteiger partial charge in [-0.25, -0.2) is 0 Å². The molecule has 1 aliphatic rings. The lowest BCUT2D eigenvalue weighted by molar-refractivity contribution is 0.260. The molecule has 17 heavy (non-hydrogen) atoms. The van der Waals surface area contributed by atoms with Crippen LogP contribution >= 0.6 is 0 Å². The van der Waals surface area contributed by atoms with E-state index in [1.807, 2.05) is 12.1 Å². The van der Waals surface area contributed by atoms with Crippen molar-refractivity contribution >= 4 is 0 Å². The molecule has 0 aliphatic heterocycles. The van der Waals surface area contributed by atoms with Crippen LogP contribution in [0.5, 0.6) is 5.75 Å². The smallest absolute Gasteiger partial charge is 0.115 e. The van der Waals surface area contributed by atoms with E-state index in [-0.39, 0.29) is 0 Å². The van der Waals surface area contributed by atoms with Gasteiger partial charge < -0.3 is 5.11 Å². The van der Waals surface area contributed by atoms with Crippen LogP contribution in [0, 0.1) is 0 Å². The largest absolute Gasteiger partial charge is 0.508 e. The van der Waals surface area contributed by atoms with Gasteiger partial charge in [-0.15, -0.1) is 0 Å². The zero-order chi connectivity index (χ0) is 12.3. The summed E-state index contributed by atoms with van der Waals surface area (Å²) in [6, 6.07) is 8.46. The Morgan fingerprint density at radius 2 is 1.94 bits per heavy atom. The lowest BCUT2D eigenvalue weighted by Gasteiger charge is -2.21. The van der Waals surface area contributed by atoms with Gasteiger partial charge in [0.25, 0.3) is 0 Å². The number of hydrogen-bond donors (Lipinski definition) is 1. The average Bonchev–Trinajstić information content (AvgIpc) is 3.09. The van der Waals surface area contributed by atoms with Crippen molar-refractivity contribution in [3.05, 3.63) is 29.8 Å². The van der Waals surface area contributed by atoms with Gasteiger partial charge in [0.05, 0.1) is 0 Å². The number of phenolic OH excluding ortho intramolecular Hbond substituents is 1. The molecule has 0 radical (unpaired) electrons. The first-order valence-corrected chi connectivity index (χ1v) is 6.79. The number of hydrogen-bond acceptors (Lipinski definition) is 2. The van der Waals surface area contributed by atoms with Crippen molar-refractivity contribution in [2.75, 3.05) is 13.1 Å². The molecule has 0 bridgehead atoms. The summed E-state index contributed by atoms with van der Waals surface area (Å²) < 4.78 is 0. The topological polar surface area (TPSA) is 23.5 Å². The Hall–Kier alpha value is -1.02. The third kappa shape index (κ3) is 3.01. The molecule has 2 heteroatoms. The molecule has 2 atom stereocenters. The lowest BCUT2D eigenvalue weighted by Crippen LogP contribution is -2.28. The first kappa shape index (κ1) is 12.4. The quantitative estimate of drug-likeness (QED) is 0.814. The minimum Gasteiger partial charge on any atom is -0.508 e. The number of rotatable bonds is 6.